The Hall–Kier alpha value is -1.68. The van der Waals surface area contributed by atoms with Gasteiger partial charge in [-0.25, -0.2) is 18.1 Å². The molecule has 2 rings (SSSR count). The Bertz CT molecular complexity index is 715. The number of pyridine rings is 1. The highest BCUT2D eigenvalue weighted by molar-refractivity contribution is 9.10. The number of rotatable bonds is 5. The molecule has 8 nitrogen and oxygen atoms in total. The number of hydrogen-bond donors (Lipinski definition) is 2. The van der Waals surface area contributed by atoms with Gasteiger partial charge in [-0.15, -0.1) is 0 Å². The van der Waals surface area contributed by atoms with Crippen LogP contribution in [0, 0.1) is 6.92 Å². The predicted octanol–water partition coefficient (Wildman–Crippen LogP) is 1.77. The van der Waals surface area contributed by atoms with Crippen molar-refractivity contribution >= 4 is 37.8 Å². The van der Waals surface area contributed by atoms with E-state index in [0.717, 1.165) is 0 Å². The van der Waals surface area contributed by atoms with E-state index in [2.05, 4.69) is 41.1 Å². The summed E-state index contributed by atoms with van der Waals surface area (Å²) in [6.07, 6.45) is 1.51. The molecule has 20 heavy (non-hydrogen) atoms. The largest absolute Gasteiger partial charge is 0.369 e. The summed E-state index contributed by atoms with van der Waals surface area (Å²) in [4.78, 5) is 7.83. The maximum absolute atomic E-state index is 12.3. The van der Waals surface area contributed by atoms with Crippen LogP contribution in [0.2, 0.25) is 0 Å². The molecule has 0 aliphatic rings. The molecule has 0 fully saturated rings. The fraction of sp³-hybridized carbons (Fsp3) is 0.300. The SMILES string of the molecule is CCNc1ncc(Br)cc1S(=O)(=O)Nc1nc(C)no1. The third kappa shape index (κ3) is 3.25. The maximum Gasteiger partial charge on any atom is 0.335 e. The van der Waals surface area contributed by atoms with Crippen LogP contribution in [0.25, 0.3) is 0 Å². The average molecular weight is 362 g/mol. The van der Waals surface area contributed by atoms with Crippen molar-refractivity contribution in [3.8, 4) is 0 Å². The lowest BCUT2D eigenvalue weighted by Gasteiger charge is -2.10. The van der Waals surface area contributed by atoms with E-state index in [9.17, 15) is 8.42 Å². The number of halogens is 1. The summed E-state index contributed by atoms with van der Waals surface area (Å²) in [6.45, 7) is 3.97. The van der Waals surface area contributed by atoms with E-state index in [1.807, 2.05) is 6.92 Å². The molecule has 0 spiro atoms. The average Bonchev–Trinajstić information content (AvgIpc) is 2.76. The molecule has 2 N–H and O–H groups in total. The normalized spacial score (nSPS) is 11.3. The second-order valence-corrected chi connectivity index (χ2v) is 6.35. The quantitative estimate of drug-likeness (QED) is 0.834. The first-order valence-electron chi connectivity index (χ1n) is 5.65. The van der Waals surface area contributed by atoms with Crippen molar-refractivity contribution in [1.29, 1.82) is 0 Å². The monoisotopic (exact) mass is 361 g/mol. The molecule has 10 heteroatoms. The number of hydrogen-bond acceptors (Lipinski definition) is 7. The first-order chi connectivity index (χ1) is 9.42. The van der Waals surface area contributed by atoms with E-state index >= 15 is 0 Å². The Morgan fingerprint density at radius 2 is 2.20 bits per heavy atom. The van der Waals surface area contributed by atoms with Gasteiger partial charge in [0.05, 0.1) is 0 Å². The Morgan fingerprint density at radius 1 is 1.45 bits per heavy atom. The highest BCUT2D eigenvalue weighted by atomic mass is 79.9. The van der Waals surface area contributed by atoms with Crippen molar-refractivity contribution < 1.29 is 12.9 Å². The van der Waals surface area contributed by atoms with Gasteiger partial charge in [0.25, 0.3) is 10.0 Å². The second kappa shape index (κ2) is 5.75. The topological polar surface area (TPSA) is 110 Å². The van der Waals surface area contributed by atoms with E-state index in [1.54, 1.807) is 6.92 Å². The number of aryl methyl sites for hydroxylation is 1. The van der Waals surface area contributed by atoms with Crippen molar-refractivity contribution in [1.82, 2.24) is 15.1 Å². The van der Waals surface area contributed by atoms with Gasteiger partial charge in [0, 0.05) is 17.2 Å². The Balaban J connectivity index is 2.40. The fourth-order valence-corrected chi connectivity index (χ4v) is 3.00. The molecule has 2 heterocycles. The Morgan fingerprint density at radius 3 is 2.80 bits per heavy atom. The van der Waals surface area contributed by atoms with E-state index in [-0.39, 0.29) is 16.7 Å². The third-order valence-electron chi connectivity index (χ3n) is 2.20. The lowest BCUT2D eigenvalue weighted by atomic mass is 10.4. The zero-order chi connectivity index (χ0) is 14.8. The van der Waals surface area contributed by atoms with Crippen molar-refractivity contribution in [2.24, 2.45) is 0 Å². The second-order valence-electron chi connectivity index (χ2n) is 3.78. The summed E-state index contributed by atoms with van der Waals surface area (Å²) in [7, 11) is -3.88. The van der Waals surface area contributed by atoms with Crippen molar-refractivity contribution in [2.75, 3.05) is 16.6 Å². The van der Waals surface area contributed by atoms with Crippen LogP contribution in [0.5, 0.6) is 0 Å². The number of nitrogens with zero attached hydrogens (tertiary/aromatic N) is 3. The summed E-state index contributed by atoms with van der Waals surface area (Å²) in [5.74, 6) is 0.585. The van der Waals surface area contributed by atoms with Gasteiger partial charge in [0.1, 0.15) is 10.7 Å². The lowest BCUT2D eigenvalue weighted by molar-refractivity contribution is 0.429. The van der Waals surface area contributed by atoms with Crippen molar-refractivity contribution in [3.05, 3.63) is 22.6 Å². The summed E-state index contributed by atoms with van der Waals surface area (Å²) in [6, 6.07) is 1.25. The molecule has 0 aromatic carbocycles. The molecule has 0 saturated heterocycles. The summed E-state index contributed by atoms with van der Waals surface area (Å²) in [5.41, 5.74) is 0. The first-order valence-corrected chi connectivity index (χ1v) is 7.92. The van der Waals surface area contributed by atoms with Crippen LogP contribution in [0.4, 0.5) is 11.8 Å². The molecule has 2 aromatic rings. The van der Waals surface area contributed by atoms with Gasteiger partial charge in [0.2, 0.25) is 0 Å². The third-order valence-corrected chi connectivity index (χ3v) is 3.97. The summed E-state index contributed by atoms with van der Waals surface area (Å²) < 4.78 is 32.1. The molecule has 2 aromatic heterocycles. The van der Waals surface area contributed by atoms with Crippen molar-refractivity contribution in [2.45, 2.75) is 18.7 Å². The van der Waals surface area contributed by atoms with E-state index in [1.165, 1.54) is 12.3 Å². The fourth-order valence-electron chi connectivity index (χ4n) is 1.43. The predicted molar refractivity (Wildman–Crippen MR) is 75.9 cm³/mol. The van der Waals surface area contributed by atoms with Crippen LogP contribution in [0.15, 0.2) is 26.2 Å². The molecule has 0 saturated carbocycles. The van der Waals surface area contributed by atoms with Gasteiger partial charge in [0.15, 0.2) is 5.82 Å². The highest BCUT2D eigenvalue weighted by Gasteiger charge is 2.22. The summed E-state index contributed by atoms with van der Waals surface area (Å²) in [5, 5.41) is 6.40. The zero-order valence-corrected chi connectivity index (χ0v) is 13.1. The maximum atomic E-state index is 12.3. The lowest BCUT2D eigenvalue weighted by Crippen LogP contribution is -2.16. The Labute approximate surface area is 124 Å². The molecule has 0 unspecified atom stereocenters. The van der Waals surface area contributed by atoms with E-state index in [0.29, 0.717) is 16.8 Å². The molecule has 0 atom stereocenters. The molecule has 0 aliphatic carbocycles. The van der Waals surface area contributed by atoms with Crippen LogP contribution >= 0.6 is 15.9 Å². The number of nitrogens with one attached hydrogen (secondary N) is 2. The Kier molecular flexibility index (Phi) is 4.23. The van der Waals surface area contributed by atoms with E-state index in [4.69, 9.17) is 4.52 Å². The van der Waals surface area contributed by atoms with Crippen molar-refractivity contribution in [3.63, 3.8) is 0 Å². The number of sulfonamides is 1. The molecular formula is C10H12BrN5O3S. The molecule has 0 bridgehead atoms. The van der Waals surface area contributed by atoms with Gasteiger partial charge in [-0.3, -0.25) is 0 Å². The van der Waals surface area contributed by atoms with Gasteiger partial charge in [-0.1, -0.05) is 5.16 Å². The van der Waals surface area contributed by atoms with Crippen LogP contribution in [-0.4, -0.2) is 30.1 Å². The number of anilines is 2. The first kappa shape index (κ1) is 14.7. The minimum absolute atomic E-state index is 0.00965. The zero-order valence-electron chi connectivity index (χ0n) is 10.7. The molecular weight excluding hydrogens is 350 g/mol. The molecule has 0 radical (unpaired) electrons. The van der Waals surface area contributed by atoms with Gasteiger partial charge >= 0.3 is 6.01 Å². The van der Waals surface area contributed by atoms with Gasteiger partial charge in [-0.2, -0.15) is 4.98 Å². The van der Waals surface area contributed by atoms with Crippen LogP contribution < -0.4 is 10.0 Å². The molecule has 0 amide bonds. The van der Waals surface area contributed by atoms with Crippen LogP contribution in [0.3, 0.4) is 0 Å². The molecule has 0 aliphatic heterocycles. The standard InChI is InChI=1S/C10H12BrN5O3S/c1-3-12-9-8(4-7(11)5-13-9)20(17,18)16-10-14-6(2)15-19-10/h4-5H,3H2,1-2H3,(H,12,13)(H,14,15,16). The minimum Gasteiger partial charge on any atom is -0.369 e. The molecule has 108 valence electrons. The van der Waals surface area contributed by atoms with E-state index < -0.39 is 10.0 Å². The minimum atomic E-state index is -3.88. The van der Waals surface area contributed by atoms with Crippen LogP contribution in [-0.2, 0) is 10.0 Å². The number of aromatic nitrogens is 3. The van der Waals surface area contributed by atoms with Gasteiger partial charge < -0.3 is 9.84 Å². The van der Waals surface area contributed by atoms with Gasteiger partial charge in [-0.05, 0) is 35.8 Å². The smallest absolute Gasteiger partial charge is 0.335 e. The van der Waals surface area contributed by atoms with Crippen LogP contribution in [0.1, 0.15) is 12.7 Å². The highest BCUT2D eigenvalue weighted by Crippen LogP contribution is 2.24. The summed E-state index contributed by atoms with van der Waals surface area (Å²) >= 11 is 3.20.